The lowest BCUT2D eigenvalue weighted by molar-refractivity contribution is -0.145. The van der Waals surface area contributed by atoms with E-state index in [0.29, 0.717) is 55.6 Å². The van der Waals surface area contributed by atoms with E-state index in [1.54, 1.807) is 36.5 Å². The van der Waals surface area contributed by atoms with Gasteiger partial charge in [-0.15, -0.1) is 11.3 Å². The average Bonchev–Trinajstić information content (AvgIpc) is 3.93. The molecule has 0 saturated carbocycles. The molecular formula is C40H41ClF4N6O5S2. The molecule has 4 aromatic heterocycles. The summed E-state index contributed by atoms with van der Waals surface area (Å²) >= 11 is 9.12. The minimum absolute atomic E-state index is 0.0550. The molecule has 1 aliphatic carbocycles. The number of hydrogen-bond acceptors (Lipinski definition) is 11. The molecule has 1 fully saturated rings. The van der Waals surface area contributed by atoms with Crippen LogP contribution < -0.4 is 9.47 Å². The number of carboxylic acids is 1. The van der Waals surface area contributed by atoms with E-state index < -0.39 is 29.9 Å². The van der Waals surface area contributed by atoms with Gasteiger partial charge in [-0.25, -0.2) is 4.79 Å². The molecule has 11 nitrogen and oxygen atoms in total. The minimum atomic E-state index is -4.48. The number of likely N-dealkylation sites (N-methyl/N-ethyl adjacent to an activating group) is 1. The van der Waals surface area contributed by atoms with E-state index in [1.165, 1.54) is 18.3 Å². The zero-order valence-electron chi connectivity index (χ0n) is 31.9. The van der Waals surface area contributed by atoms with Crippen LogP contribution in [0.3, 0.4) is 0 Å². The van der Waals surface area contributed by atoms with Gasteiger partial charge >= 0.3 is 12.1 Å². The van der Waals surface area contributed by atoms with Crippen LogP contribution in [-0.4, -0.2) is 98.7 Å². The lowest BCUT2D eigenvalue weighted by Crippen LogP contribution is -2.45. The van der Waals surface area contributed by atoms with Gasteiger partial charge in [0, 0.05) is 63.5 Å². The number of carboxylic acid groups (broad SMARTS) is 1. The number of aromatic nitrogens is 4. The van der Waals surface area contributed by atoms with Crippen molar-refractivity contribution >= 4 is 56.1 Å². The van der Waals surface area contributed by atoms with E-state index in [4.69, 9.17) is 30.8 Å². The van der Waals surface area contributed by atoms with Gasteiger partial charge in [-0.3, -0.25) is 14.6 Å². The normalized spacial score (nSPS) is 17.6. The van der Waals surface area contributed by atoms with Gasteiger partial charge < -0.3 is 24.2 Å². The molecule has 0 bridgehead atoms. The summed E-state index contributed by atoms with van der Waals surface area (Å²) < 4.78 is 78.4. The topological polar surface area (TPSA) is 115 Å². The maximum absolute atomic E-state index is 14.5. The van der Waals surface area contributed by atoms with E-state index >= 15 is 0 Å². The van der Waals surface area contributed by atoms with Crippen molar-refractivity contribution in [3.63, 3.8) is 0 Å². The molecular weight excluding hydrogens is 820 g/mol. The molecule has 5 aromatic rings. The van der Waals surface area contributed by atoms with E-state index in [2.05, 4.69) is 33.2 Å². The zero-order valence-corrected chi connectivity index (χ0v) is 34.3. The van der Waals surface area contributed by atoms with E-state index in [-0.39, 0.29) is 36.3 Å². The molecule has 1 aromatic carbocycles. The largest absolute Gasteiger partial charge is 0.495 e. The third-order valence-corrected chi connectivity index (χ3v) is 12.4. The Morgan fingerprint density at radius 1 is 1.10 bits per heavy atom. The van der Waals surface area contributed by atoms with Crippen molar-refractivity contribution < 1.29 is 41.7 Å². The second-order valence-electron chi connectivity index (χ2n) is 14.3. The molecule has 2 aliphatic rings. The van der Waals surface area contributed by atoms with Gasteiger partial charge in [-0.2, -0.15) is 27.0 Å². The highest BCUT2D eigenvalue weighted by Gasteiger charge is 2.34. The number of piperazine rings is 1. The van der Waals surface area contributed by atoms with Crippen LogP contribution in [0.25, 0.3) is 26.2 Å². The Morgan fingerprint density at radius 2 is 1.88 bits per heavy atom. The van der Waals surface area contributed by atoms with Crippen LogP contribution in [0.2, 0.25) is 0 Å². The summed E-state index contributed by atoms with van der Waals surface area (Å²) in [5.74, 6) is -0.408. The predicted molar refractivity (Wildman–Crippen MR) is 215 cm³/mol. The summed E-state index contributed by atoms with van der Waals surface area (Å²) in [4.78, 5) is 22.9. The minimum Gasteiger partial charge on any atom is -0.495 e. The second-order valence-corrected chi connectivity index (χ2v) is 16.5. The first-order valence-corrected chi connectivity index (χ1v) is 20.6. The molecule has 0 amide bonds. The summed E-state index contributed by atoms with van der Waals surface area (Å²) in [7, 11) is 2.11. The van der Waals surface area contributed by atoms with Crippen molar-refractivity contribution in [2.24, 2.45) is 5.92 Å². The average molecular weight is 861 g/mol. The van der Waals surface area contributed by atoms with Gasteiger partial charge in [0.2, 0.25) is 12.0 Å². The van der Waals surface area contributed by atoms with Gasteiger partial charge in [0.25, 0.3) is 0 Å². The lowest BCUT2D eigenvalue weighted by atomic mass is 9.81. The number of ether oxygens (including phenoxy) is 3. The van der Waals surface area contributed by atoms with E-state index in [1.807, 2.05) is 6.92 Å². The van der Waals surface area contributed by atoms with Crippen molar-refractivity contribution in [3.8, 4) is 22.2 Å². The van der Waals surface area contributed by atoms with Gasteiger partial charge in [0.05, 0.1) is 31.4 Å². The summed E-state index contributed by atoms with van der Waals surface area (Å²) in [5.41, 5.74) is 3.31. The Kier molecular flexibility index (Phi) is 12.7. The summed E-state index contributed by atoms with van der Waals surface area (Å²) in [5, 5.41) is 14.8. The fraction of sp³-hybridized carbons (Fsp3) is 0.400. The maximum atomic E-state index is 14.5. The lowest BCUT2D eigenvalue weighted by Gasteiger charge is -2.33. The molecule has 18 heteroatoms. The highest BCUT2D eigenvalue weighted by atomic mass is 35.5. The number of alkyl halides is 3. The fourth-order valence-corrected chi connectivity index (χ4v) is 8.91. The molecule has 1 unspecified atom stereocenters. The van der Waals surface area contributed by atoms with Crippen LogP contribution in [0.4, 0.5) is 17.6 Å². The van der Waals surface area contributed by atoms with Crippen LogP contribution >= 0.6 is 34.5 Å². The second kappa shape index (κ2) is 17.7. The number of hydrogen-bond donors (Lipinski definition) is 1. The first-order valence-electron chi connectivity index (χ1n) is 18.6. The number of carbonyl (C=O) groups is 1. The van der Waals surface area contributed by atoms with Crippen LogP contribution in [0.15, 0.2) is 71.2 Å². The number of para-hydroxylation sites is 1. The number of rotatable bonds is 15. The molecule has 7 rings (SSSR count). The first kappa shape index (κ1) is 41.6. The molecule has 1 N–H and O–H groups in total. The molecule has 2 atom stereocenters. The number of allylic oxidation sites excluding steroid dienone is 4. The molecule has 5 heterocycles. The molecule has 1 aliphatic heterocycles. The van der Waals surface area contributed by atoms with Crippen LogP contribution in [0, 0.1) is 11.0 Å². The number of fused-ring (bicyclic) bond motifs is 1. The first-order chi connectivity index (χ1) is 27.8. The number of pyridine rings is 1. The Balaban J connectivity index is 1.20. The zero-order chi connectivity index (χ0) is 41.1. The quantitative estimate of drug-likeness (QED) is 0.103. The molecule has 58 heavy (non-hydrogen) atoms. The maximum Gasteiger partial charge on any atom is 0.408 e. The van der Waals surface area contributed by atoms with Crippen LogP contribution in [0.5, 0.6) is 11.6 Å². The monoisotopic (exact) mass is 860 g/mol. The highest BCUT2D eigenvalue weighted by molar-refractivity contribution is 7.14. The predicted octanol–water partition coefficient (Wildman–Crippen LogP) is 8.50. The van der Waals surface area contributed by atoms with Crippen LogP contribution in [0.1, 0.15) is 37.1 Å². The van der Waals surface area contributed by atoms with Crippen molar-refractivity contribution in [2.75, 3.05) is 46.4 Å². The summed E-state index contributed by atoms with van der Waals surface area (Å²) in [6.45, 7) is 7.66. The Bertz CT molecular complexity index is 2330. The standard InChI is InChI=1S/C40H41ClF4N6O5S2/c1-23-18-28(54-17-16-50-14-12-49(3)13-15-50)36(41)24(2)33(23)35-34-31(20-46-37(35)30-8-9-32(42)57-30)58-48-38(34)56-29(39(52)53)19-25-6-4-5-7-27(25)55-21-26-10-11-47-51(26)22-40(43,44)45/h4-11,20,23,29H,12-19,21-22H2,1-3H3,(H,52,53)/t23?,29-/m1/s1. The molecule has 0 radical (unpaired) electrons. The number of halogens is 5. The van der Waals surface area contributed by atoms with Crippen molar-refractivity contribution in [1.29, 1.82) is 0 Å². The molecule has 1 saturated heterocycles. The SMILES string of the molecule is CC1=C(c2c(-c3ccc(F)s3)ncc3snc(O[C@H](Cc4ccccc4OCc4ccnn4CC(F)(F)F)C(=O)O)c23)C(C)CC(OCCN2CCN(C)CC2)=C1Cl. The van der Waals surface area contributed by atoms with Gasteiger partial charge in [-0.05, 0) is 72.4 Å². The van der Waals surface area contributed by atoms with Gasteiger partial charge in [0.15, 0.2) is 5.13 Å². The third-order valence-electron chi connectivity index (χ3n) is 10.2. The van der Waals surface area contributed by atoms with Crippen LogP contribution in [-0.2, 0) is 29.1 Å². The van der Waals surface area contributed by atoms with Crippen molar-refractivity contribution in [2.45, 2.75) is 52.1 Å². The van der Waals surface area contributed by atoms with E-state index in [0.717, 1.165) is 71.4 Å². The fourth-order valence-electron chi connectivity index (χ4n) is 7.25. The van der Waals surface area contributed by atoms with Gasteiger partial charge in [-0.1, -0.05) is 36.7 Å². The number of benzene rings is 1. The van der Waals surface area contributed by atoms with Crippen molar-refractivity contribution in [1.82, 2.24) is 28.9 Å². The third kappa shape index (κ3) is 9.49. The summed E-state index contributed by atoms with van der Waals surface area (Å²) in [6.07, 6.45) is -2.74. The smallest absolute Gasteiger partial charge is 0.408 e. The molecule has 0 spiro atoms. The Labute approximate surface area is 345 Å². The van der Waals surface area contributed by atoms with Crippen molar-refractivity contribution in [3.05, 3.63) is 93.2 Å². The Hall–Kier alpha value is -4.55. The molecule has 308 valence electrons. The number of aliphatic carboxylic acids is 1. The number of thiophene rings is 1. The van der Waals surface area contributed by atoms with Gasteiger partial charge in [0.1, 0.15) is 31.3 Å². The Morgan fingerprint density at radius 3 is 2.60 bits per heavy atom. The highest BCUT2D eigenvalue weighted by Crippen LogP contribution is 2.49. The summed E-state index contributed by atoms with van der Waals surface area (Å²) in [6, 6.07) is 11.1. The number of nitrogens with zero attached hydrogens (tertiary/aromatic N) is 6. The van der Waals surface area contributed by atoms with E-state index in [9.17, 15) is 27.5 Å².